The zero-order chi connectivity index (χ0) is 13.4. The van der Waals surface area contributed by atoms with Gasteiger partial charge in [0.2, 0.25) is 0 Å². The van der Waals surface area contributed by atoms with Gasteiger partial charge in [0.1, 0.15) is 11.5 Å². The molecule has 0 saturated heterocycles. The first kappa shape index (κ1) is 11.9. The number of amidine groups is 1. The summed E-state index contributed by atoms with van der Waals surface area (Å²) in [4.78, 5) is 9.73. The van der Waals surface area contributed by atoms with E-state index in [4.69, 9.17) is 5.73 Å². The lowest BCUT2D eigenvalue weighted by Gasteiger charge is -2.12. The number of imidazole rings is 1. The third-order valence-electron chi connectivity index (χ3n) is 2.90. The van der Waals surface area contributed by atoms with E-state index in [0.717, 1.165) is 28.6 Å². The lowest BCUT2D eigenvalue weighted by atomic mass is 10.2. The summed E-state index contributed by atoms with van der Waals surface area (Å²) < 4.78 is 7.05. The fraction of sp³-hybridized carbons (Fsp3) is 0.167. The molecule has 1 aliphatic heterocycles. The SMILES string of the molecule is CN(C)c1ccc(-c2nc3c([nH]2)C(N)=NSN3)cc1. The van der Waals surface area contributed by atoms with Gasteiger partial charge in [-0.2, -0.15) is 4.40 Å². The van der Waals surface area contributed by atoms with Gasteiger partial charge in [-0.3, -0.25) is 4.72 Å². The maximum absolute atomic E-state index is 5.81. The molecule has 0 saturated carbocycles. The summed E-state index contributed by atoms with van der Waals surface area (Å²) in [5.74, 6) is 1.97. The molecule has 19 heavy (non-hydrogen) atoms. The van der Waals surface area contributed by atoms with Crippen LogP contribution >= 0.6 is 12.1 Å². The van der Waals surface area contributed by atoms with Gasteiger partial charge in [0, 0.05) is 25.3 Å². The molecule has 7 heteroatoms. The van der Waals surface area contributed by atoms with Crippen LogP contribution in [0.4, 0.5) is 11.5 Å². The van der Waals surface area contributed by atoms with Crippen molar-refractivity contribution in [3.05, 3.63) is 30.0 Å². The van der Waals surface area contributed by atoms with Gasteiger partial charge in [-0.25, -0.2) is 4.98 Å². The summed E-state index contributed by atoms with van der Waals surface area (Å²) in [6.07, 6.45) is 0. The predicted octanol–water partition coefficient (Wildman–Crippen LogP) is 1.84. The van der Waals surface area contributed by atoms with Gasteiger partial charge in [0.25, 0.3) is 0 Å². The molecular formula is C12H14N6S. The standard InChI is InChI=1S/C12H14N6S/c1-18(2)8-5-3-7(4-6-8)11-14-9-10(13)16-19-17-12(9)15-11/h3-6,17H,1-2H3,(H2,13,16)(H,14,15). The van der Waals surface area contributed by atoms with E-state index < -0.39 is 0 Å². The minimum absolute atomic E-state index is 0.461. The van der Waals surface area contributed by atoms with Gasteiger partial charge >= 0.3 is 0 Å². The minimum atomic E-state index is 0.461. The Balaban J connectivity index is 1.97. The van der Waals surface area contributed by atoms with Crippen molar-refractivity contribution in [3.8, 4) is 11.4 Å². The number of benzene rings is 1. The Morgan fingerprint density at radius 2 is 1.95 bits per heavy atom. The summed E-state index contributed by atoms with van der Waals surface area (Å²) in [6, 6.07) is 8.16. The van der Waals surface area contributed by atoms with E-state index in [1.54, 1.807) is 0 Å². The highest BCUT2D eigenvalue weighted by molar-refractivity contribution is 7.99. The second-order valence-electron chi connectivity index (χ2n) is 4.42. The topological polar surface area (TPSA) is 82.3 Å². The lowest BCUT2D eigenvalue weighted by molar-refractivity contribution is 1.13. The van der Waals surface area contributed by atoms with Crippen LogP contribution in [-0.2, 0) is 0 Å². The molecule has 0 amide bonds. The Kier molecular flexibility index (Phi) is 2.83. The molecule has 0 bridgehead atoms. The monoisotopic (exact) mass is 274 g/mol. The highest BCUT2D eigenvalue weighted by Gasteiger charge is 2.18. The number of H-pyrrole nitrogens is 1. The van der Waals surface area contributed by atoms with Crippen molar-refractivity contribution < 1.29 is 0 Å². The first-order valence-electron chi connectivity index (χ1n) is 5.79. The molecular weight excluding hydrogens is 260 g/mol. The van der Waals surface area contributed by atoms with Crippen LogP contribution in [-0.4, -0.2) is 29.9 Å². The smallest absolute Gasteiger partial charge is 0.167 e. The van der Waals surface area contributed by atoms with E-state index in [9.17, 15) is 0 Å². The summed E-state index contributed by atoms with van der Waals surface area (Å²) >= 11 is 1.18. The Labute approximate surface area is 115 Å². The molecule has 98 valence electrons. The van der Waals surface area contributed by atoms with Crippen molar-refractivity contribution >= 4 is 29.5 Å². The van der Waals surface area contributed by atoms with Gasteiger partial charge in [-0.1, -0.05) is 0 Å². The molecule has 1 aromatic carbocycles. The number of anilines is 2. The Morgan fingerprint density at radius 3 is 2.58 bits per heavy atom. The van der Waals surface area contributed by atoms with E-state index in [2.05, 4.69) is 36.1 Å². The van der Waals surface area contributed by atoms with Gasteiger partial charge in [0.05, 0.1) is 12.1 Å². The Bertz CT molecular complexity index is 628. The van der Waals surface area contributed by atoms with E-state index >= 15 is 0 Å². The maximum atomic E-state index is 5.81. The molecule has 1 aliphatic rings. The molecule has 3 rings (SSSR count). The van der Waals surface area contributed by atoms with Crippen LogP contribution in [0.25, 0.3) is 11.4 Å². The molecule has 0 spiro atoms. The van der Waals surface area contributed by atoms with Gasteiger partial charge in [-0.05, 0) is 24.3 Å². The molecule has 6 nitrogen and oxygen atoms in total. The molecule has 0 radical (unpaired) electrons. The van der Waals surface area contributed by atoms with Gasteiger partial charge < -0.3 is 15.6 Å². The maximum Gasteiger partial charge on any atom is 0.167 e. The van der Waals surface area contributed by atoms with Crippen LogP contribution in [0.2, 0.25) is 0 Å². The van der Waals surface area contributed by atoms with Crippen molar-refractivity contribution in [1.29, 1.82) is 0 Å². The van der Waals surface area contributed by atoms with Gasteiger partial charge in [0.15, 0.2) is 11.7 Å². The summed E-state index contributed by atoms with van der Waals surface area (Å²) in [6.45, 7) is 0. The minimum Gasteiger partial charge on any atom is -0.381 e. The molecule has 0 aliphatic carbocycles. The highest BCUT2D eigenvalue weighted by atomic mass is 32.2. The number of nitrogens with zero attached hydrogens (tertiary/aromatic N) is 3. The van der Waals surface area contributed by atoms with E-state index in [1.807, 2.05) is 26.2 Å². The van der Waals surface area contributed by atoms with Crippen LogP contribution < -0.4 is 15.4 Å². The number of hydrogen-bond donors (Lipinski definition) is 3. The quantitative estimate of drug-likeness (QED) is 0.728. The average Bonchev–Trinajstić information content (AvgIpc) is 2.84. The van der Waals surface area contributed by atoms with E-state index in [1.165, 1.54) is 12.1 Å². The van der Waals surface area contributed by atoms with Crippen LogP contribution in [0.5, 0.6) is 0 Å². The third kappa shape index (κ3) is 2.12. The number of hydrogen-bond acceptors (Lipinski definition) is 6. The molecule has 0 unspecified atom stereocenters. The number of rotatable bonds is 2. The van der Waals surface area contributed by atoms with E-state index in [0.29, 0.717) is 5.84 Å². The van der Waals surface area contributed by atoms with E-state index in [-0.39, 0.29) is 0 Å². The molecule has 2 heterocycles. The summed E-state index contributed by atoms with van der Waals surface area (Å²) in [5, 5.41) is 0. The normalized spacial score (nSPS) is 13.5. The average molecular weight is 274 g/mol. The second kappa shape index (κ2) is 4.51. The Morgan fingerprint density at radius 1 is 1.21 bits per heavy atom. The van der Waals surface area contributed by atoms with Crippen molar-refractivity contribution in [2.75, 3.05) is 23.7 Å². The molecule has 4 N–H and O–H groups in total. The van der Waals surface area contributed by atoms with Crippen LogP contribution in [0, 0.1) is 0 Å². The highest BCUT2D eigenvalue weighted by Crippen LogP contribution is 2.27. The van der Waals surface area contributed by atoms with Crippen molar-refractivity contribution in [3.63, 3.8) is 0 Å². The van der Waals surface area contributed by atoms with Crippen molar-refractivity contribution in [2.24, 2.45) is 10.1 Å². The lowest BCUT2D eigenvalue weighted by Crippen LogP contribution is -2.17. The zero-order valence-corrected chi connectivity index (χ0v) is 11.5. The summed E-state index contributed by atoms with van der Waals surface area (Å²) in [5.41, 5.74) is 8.72. The number of aromatic nitrogens is 2. The van der Waals surface area contributed by atoms with Crippen molar-refractivity contribution in [2.45, 2.75) is 0 Å². The number of nitrogens with two attached hydrogens (primary N) is 1. The number of fused-ring (bicyclic) bond motifs is 1. The van der Waals surface area contributed by atoms with Crippen molar-refractivity contribution in [1.82, 2.24) is 9.97 Å². The largest absolute Gasteiger partial charge is 0.381 e. The van der Waals surface area contributed by atoms with Crippen LogP contribution in [0.3, 0.4) is 0 Å². The molecule has 0 fully saturated rings. The third-order valence-corrected chi connectivity index (χ3v) is 3.48. The fourth-order valence-electron chi connectivity index (χ4n) is 1.85. The van der Waals surface area contributed by atoms with Crippen LogP contribution in [0.1, 0.15) is 5.69 Å². The first-order valence-corrected chi connectivity index (χ1v) is 6.56. The van der Waals surface area contributed by atoms with Gasteiger partial charge in [-0.15, -0.1) is 0 Å². The Hall–Kier alpha value is -2.15. The number of nitrogens with one attached hydrogen (secondary N) is 2. The number of aromatic amines is 1. The molecule has 2 aromatic rings. The fourth-order valence-corrected chi connectivity index (χ4v) is 2.32. The first-order chi connectivity index (χ1) is 9.15. The second-order valence-corrected chi connectivity index (χ2v) is 4.99. The zero-order valence-electron chi connectivity index (χ0n) is 10.6. The molecule has 1 aromatic heterocycles. The molecule has 0 atom stereocenters. The van der Waals surface area contributed by atoms with Crippen LogP contribution in [0.15, 0.2) is 28.7 Å². The summed E-state index contributed by atoms with van der Waals surface area (Å²) in [7, 11) is 4.03. The predicted molar refractivity (Wildman–Crippen MR) is 80.3 cm³/mol.